The van der Waals surface area contributed by atoms with Crippen molar-refractivity contribution in [1.29, 1.82) is 0 Å². The first-order valence-corrected chi connectivity index (χ1v) is 10.1. The Morgan fingerprint density at radius 2 is 1.81 bits per heavy atom. The largest absolute Gasteiger partial charge is 0.357 e. The van der Waals surface area contributed by atoms with Crippen molar-refractivity contribution in [1.82, 2.24) is 29.7 Å². The quantitative estimate of drug-likeness (QED) is 0.398. The number of anilines is 3. The van der Waals surface area contributed by atoms with Gasteiger partial charge in [-0.05, 0) is 47.9 Å². The molecule has 0 aliphatic heterocycles. The summed E-state index contributed by atoms with van der Waals surface area (Å²) in [6, 6.07) is 10.4. The number of aryl methyl sites for hydroxylation is 2. The van der Waals surface area contributed by atoms with Gasteiger partial charge in [0.2, 0.25) is 11.2 Å². The van der Waals surface area contributed by atoms with Gasteiger partial charge < -0.3 is 10.6 Å². The molecule has 0 atom stereocenters. The molecule has 0 fully saturated rings. The van der Waals surface area contributed by atoms with E-state index in [1.165, 1.54) is 0 Å². The molecule has 0 spiro atoms. The van der Waals surface area contributed by atoms with Crippen molar-refractivity contribution < 1.29 is 0 Å². The molecule has 3 aromatic heterocycles. The van der Waals surface area contributed by atoms with Crippen molar-refractivity contribution in [2.24, 2.45) is 7.05 Å². The highest BCUT2D eigenvalue weighted by Crippen LogP contribution is 2.36. The van der Waals surface area contributed by atoms with E-state index in [1.54, 1.807) is 12.4 Å². The number of rotatable bonds is 4. The van der Waals surface area contributed by atoms with Crippen LogP contribution in [0.2, 0.25) is 5.28 Å². The average Bonchev–Trinajstić information content (AvgIpc) is 3.09. The summed E-state index contributed by atoms with van der Waals surface area (Å²) in [6.07, 6.45) is 5.10. The predicted octanol–water partition coefficient (Wildman–Crippen LogP) is 4.72. The standard InChI is InChI=1S/C22H19ClN8/c1-12-4-6-16-19(31(3)30-20(16)28-15-10-25-21(23)26-11-15)18(12)13-5-7-17-14(8-13)9-27-22(24-2)29-17/h4-11H,1-3H3,(H,28,30)(H,24,27,29). The molecular weight excluding hydrogens is 412 g/mol. The SMILES string of the molecule is CNc1ncc2cc(-c3c(C)ccc4c(Nc5cnc(Cl)nc5)nn(C)c34)ccc2n1. The van der Waals surface area contributed by atoms with E-state index in [2.05, 4.69) is 61.8 Å². The normalized spacial score (nSPS) is 11.2. The van der Waals surface area contributed by atoms with Gasteiger partial charge >= 0.3 is 0 Å². The minimum atomic E-state index is 0.205. The number of fused-ring (bicyclic) bond motifs is 2. The zero-order chi connectivity index (χ0) is 21.5. The van der Waals surface area contributed by atoms with E-state index in [-0.39, 0.29) is 5.28 Å². The molecule has 5 rings (SSSR count). The van der Waals surface area contributed by atoms with Crippen LogP contribution in [0.5, 0.6) is 0 Å². The second-order valence-electron chi connectivity index (χ2n) is 7.21. The van der Waals surface area contributed by atoms with Crippen LogP contribution in [0.15, 0.2) is 48.9 Å². The second kappa shape index (κ2) is 7.48. The Kier molecular flexibility index (Phi) is 4.63. The maximum atomic E-state index is 5.80. The first kappa shape index (κ1) is 19.2. The molecule has 0 amide bonds. The van der Waals surface area contributed by atoms with Crippen LogP contribution in [0.1, 0.15) is 5.56 Å². The summed E-state index contributed by atoms with van der Waals surface area (Å²) < 4.78 is 1.89. The fourth-order valence-corrected chi connectivity index (χ4v) is 3.85. The number of halogens is 1. The topological polar surface area (TPSA) is 93.4 Å². The van der Waals surface area contributed by atoms with Crippen molar-refractivity contribution in [2.45, 2.75) is 6.92 Å². The highest BCUT2D eigenvalue weighted by atomic mass is 35.5. The smallest absolute Gasteiger partial charge is 0.222 e. The first-order chi connectivity index (χ1) is 15.0. The summed E-state index contributed by atoms with van der Waals surface area (Å²) in [5.41, 5.74) is 6.00. The number of aromatic nitrogens is 6. The number of hydrogen-bond acceptors (Lipinski definition) is 7. The van der Waals surface area contributed by atoms with E-state index in [9.17, 15) is 0 Å². The van der Waals surface area contributed by atoms with E-state index in [0.717, 1.165) is 50.0 Å². The van der Waals surface area contributed by atoms with Gasteiger partial charge in [0.25, 0.3) is 0 Å². The molecule has 0 aliphatic rings. The van der Waals surface area contributed by atoms with Crippen molar-refractivity contribution in [3.05, 3.63) is 59.8 Å². The third kappa shape index (κ3) is 3.40. The molecule has 154 valence electrons. The van der Waals surface area contributed by atoms with E-state index in [0.29, 0.717) is 5.95 Å². The van der Waals surface area contributed by atoms with E-state index < -0.39 is 0 Å². The molecule has 0 radical (unpaired) electrons. The van der Waals surface area contributed by atoms with Gasteiger partial charge in [-0.1, -0.05) is 12.1 Å². The molecule has 0 unspecified atom stereocenters. The lowest BCUT2D eigenvalue weighted by Crippen LogP contribution is -1.97. The number of hydrogen-bond donors (Lipinski definition) is 2. The molecule has 0 saturated carbocycles. The maximum absolute atomic E-state index is 5.80. The highest BCUT2D eigenvalue weighted by Gasteiger charge is 2.16. The Morgan fingerprint density at radius 3 is 2.58 bits per heavy atom. The minimum Gasteiger partial charge on any atom is -0.357 e. The average molecular weight is 431 g/mol. The molecule has 5 aromatic rings. The van der Waals surface area contributed by atoms with Crippen LogP contribution in [0, 0.1) is 6.92 Å². The fourth-order valence-electron chi connectivity index (χ4n) is 3.75. The zero-order valence-corrected chi connectivity index (χ0v) is 17.9. The Hall–Kier alpha value is -3.78. The maximum Gasteiger partial charge on any atom is 0.222 e. The predicted molar refractivity (Wildman–Crippen MR) is 124 cm³/mol. The summed E-state index contributed by atoms with van der Waals surface area (Å²) >= 11 is 5.80. The summed E-state index contributed by atoms with van der Waals surface area (Å²) in [5.74, 6) is 1.33. The zero-order valence-electron chi connectivity index (χ0n) is 17.2. The molecule has 8 nitrogen and oxygen atoms in total. The Labute approximate surface area is 183 Å². The summed E-state index contributed by atoms with van der Waals surface area (Å²) in [7, 11) is 3.75. The third-order valence-corrected chi connectivity index (χ3v) is 5.39. The van der Waals surface area contributed by atoms with Gasteiger partial charge in [0.05, 0.1) is 29.1 Å². The van der Waals surface area contributed by atoms with Gasteiger partial charge in [-0.15, -0.1) is 0 Å². The lowest BCUT2D eigenvalue weighted by atomic mass is 9.96. The van der Waals surface area contributed by atoms with Gasteiger partial charge in [0.1, 0.15) is 0 Å². The first-order valence-electron chi connectivity index (χ1n) is 9.69. The van der Waals surface area contributed by atoms with Crippen LogP contribution >= 0.6 is 11.6 Å². The Balaban J connectivity index is 1.65. The van der Waals surface area contributed by atoms with Gasteiger partial charge in [-0.2, -0.15) is 5.10 Å². The van der Waals surface area contributed by atoms with Gasteiger partial charge in [0, 0.05) is 36.6 Å². The molecule has 2 N–H and O–H groups in total. The van der Waals surface area contributed by atoms with Crippen LogP contribution in [0.25, 0.3) is 32.9 Å². The summed E-state index contributed by atoms with van der Waals surface area (Å²) in [6.45, 7) is 2.10. The lowest BCUT2D eigenvalue weighted by molar-refractivity contribution is 0.801. The number of benzene rings is 2. The van der Waals surface area contributed by atoms with Crippen LogP contribution in [-0.2, 0) is 7.05 Å². The van der Waals surface area contributed by atoms with Crippen LogP contribution in [0.4, 0.5) is 17.5 Å². The molecular formula is C22H19ClN8. The fraction of sp³-hybridized carbons (Fsp3) is 0.136. The van der Waals surface area contributed by atoms with E-state index in [4.69, 9.17) is 16.7 Å². The van der Waals surface area contributed by atoms with E-state index in [1.807, 2.05) is 31.0 Å². The Morgan fingerprint density at radius 1 is 1.00 bits per heavy atom. The van der Waals surface area contributed by atoms with Crippen molar-refractivity contribution >= 4 is 50.9 Å². The third-order valence-electron chi connectivity index (χ3n) is 5.19. The second-order valence-corrected chi connectivity index (χ2v) is 7.55. The molecule has 0 saturated heterocycles. The van der Waals surface area contributed by atoms with Crippen LogP contribution in [0.3, 0.4) is 0 Å². The van der Waals surface area contributed by atoms with Crippen LogP contribution < -0.4 is 10.6 Å². The molecule has 0 aliphatic carbocycles. The minimum absolute atomic E-state index is 0.205. The van der Waals surface area contributed by atoms with Crippen LogP contribution in [-0.4, -0.2) is 36.8 Å². The highest BCUT2D eigenvalue weighted by molar-refractivity contribution is 6.28. The molecule has 0 bridgehead atoms. The van der Waals surface area contributed by atoms with E-state index >= 15 is 0 Å². The Bertz CT molecular complexity index is 1430. The number of nitrogens with zero attached hydrogens (tertiary/aromatic N) is 6. The summed E-state index contributed by atoms with van der Waals surface area (Å²) in [5, 5.41) is 13.2. The molecule has 2 aromatic carbocycles. The molecule has 31 heavy (non-hydrogen) atoms. The monoisotopic (exact) mass is 430 g/mol. The summed E-state index contributed by atoms with van der Waals surface area (Å²) in [4.78, 5) is 16.9. The van der Waals surface area contributed by atoms with Gasteiger partial charge in [-0.25, -0.2) is 19.9 Å². The van der Waals surface area contributed by atoms with Crippen molar-refractivity contribution in [3.63, 3.8) is 0 Å². The van der Waals surface area contributed by atoms with Gasteiger partial charge in [0.15, 0.2) is 5.82 Å². The van der Waals surface area contributed by atoms with Gasteiger partial charge in [-0.3, -0.25) is 4.68 Å². The van der Waals surface area contributed by atoms with Crippen molar-refractivity contribution in [2.75, 3.05) is 17.7 Å². The molecule has 3 heterocycles. The number of nitrogens with one attached hydrogen (secondary N) is 2. The molecule has 9 heteroatoms. The van der Waals surface area contributed by atoms with Crippen molar-refractivity contribution in [3.8, 4) is 11.1 Å². The lowest BCUT2D eigenvalue weighted by Gasteiger charge is -2.11.